The second kappa shape index (κ2) is 5.51. The second-order valence-electron chi connectivity index (χ2n) is 4.21. The summed E-state index contributed by atoms with van der Waals surface area (Å²) in [5.41, 5.74) is 6.75. The minimum atomic E-state index is -0.591. The Morgan fingerprint density at radius 2 is 1.79 bits per heavy atom. The van der Waals surface area contributed by atoms with E-state index < -0.39 is 5.82 Å². The van der Waals surface area contributed by atoms with Crippen molar-refractivity contribution < 1.29 is 9.13 Å². The second-order valence-corrected chi connectivity index (χ2v) is 4.21. The van der Waals surface area contributed by atoms with Crippen LogP contribution in [0.15, 0.2) is 42.5 Å². The molecule has 0 radical (unpaired) electrons. The minimum absolute atomic E-state index is 0.000320. The molecule has 0 fully saturated rings. The lowest BCUT2D eigenvalue weighted by molar-refractivity contribution is 0.476. The minimum Gasteiger partial charge on any atom is -0.457 e. The zero-order chi connectivity index (χ0) is 13.8. The van der Waals surface area contributed by atoms with Crippen molar-refractivity contribution in [3.63, 3.8) is 0 Å². The van der Waals surface area contributed by atoms with Gasteiger partial charge in [-0.25, -0.2) is 4.39 Å². The van der Waals surface area contributed by atoms with Gasteiger partial charge in [-0.1, -0.05) is 12.1 Å². The summed E-state index contributed by atoms with van der Waals surface area (Å²) in [7, 11) is 0. The van der Waals surface area contributed by atoms with Crippen molar-refractivity contribution in [2.45, 2.75) is 13.0 Å². The lowest BCUT2D eigenvalue weighted by Crippen LogP contribution is -2.04. The summed E-state index contributed by atoms with van der Waals surface area (Å²) in [4.78, 5) is 0. The van der Waals surface area contributed by atoms with Crippen LogP contribution in [-0.4, -0.2) is 0 Å². The molecule has 96 valence electrons. The molecule has 4 heteroatoms. The van der Waals surface area contributed by atoms with Gasteiger partial charge in [-0.15, -0.1) is 0 Å². The van der Waals surface area contributed by atoms with Gasteiger partial charge >= 0.3 is 0 Å². The Bertz CT molecular complexity index is 615. The predicted octanol–water partition coefficient (Wildman–Crippen LogP) is 3.51. The van der Waals surface area contributed by atoms with Crippen LogP contribution in [-0.2, 0) is 0 Å². The number of nitrogens with two attached hydrogens (primary N) is 1. The Hall–Kier alpha value is -2.38. The summed E-state index contributed by atoms with van der Waals surface area (Å²) in [6.07, 6.45) is 0. The molecule has 2 aromatic carbocycles. The first-order chi connectivity index (χ1) is 9.10. The molecule has 19 heavy (non-hydrogen) atoms. The third-order valence-corrected chi connectivity index (χ3v) is 2.70. The first-order valence-corrected chi connectivity index (χ1v) is 5.83. The molecule has 0 aromatic heterocycles. The van der Waals surface area contributed by atoms with Gasteiger partial charge in [0.15, 0.2) is 0 Å². The highest BCUT2D eigenvalue weighted by Gasteiger charge is 2.05. The molecule has 0 spiro atoms. The van der Waals surface area contributed by atoms with Crippen LogP contribution in [0.1, 0.15) is 24.1 Å². The Balaban J connectivity index is 2.17. The highest BCUT2D eigenvalue weighted by atomic mass is 19.1. The number of nitrogens with zero attached hydrogens (tertiary/aromatic N) is 1. The van der Waals surface area contributed by atoms with Gasteiger partial charge in [-0.2, -0.15) is 5.26 Å². The molecule has 3 nitrogen and oxygen atoms in total. The van der Waals surface area contributed by atoms with Gasteiger partial charge in [0.25, 0.3) is 0 Å². The SMILES string of the molecule is C[C@@H](N)c1ccc(Oc2ccc(C#N)c(F)c2)cc1. The van der Waals surface area contributed by atoms with Crippen molar-refractivity contribution >= 4 is 0 Å². The highest BCUT2D eigenvalue weighted by molar-refractivity contribution is 5.39. The fourth-order valence-corrected chi connectivity index (χ4v) is 1.63. The van der Waals surface area contributed by atoms with E-state index >= 15 is 0 Å². The number of ether oxygens (including phenoxy) is 1. The topological polar surface area (TPSA) is 59.0 Å². The van der Waals surface area contributed by atoms with Gasteiger partial charge in [0.2, 0.25) is 0 Å². The van der Waals surface area contributed by atoms with E-state index in [1.807, 2.05) is 19.1 Å². The molecule has 0 heterocycles. The molecule has 0 saturated carbocycles. The van der Waals surface area contributed by atoms with Crippen LogP contribution in [0.4, 0.5) is 4.39 Å². The van der Waals surface area contributed by atoms with E-state index in [-0.39, 0.29) is 11.6 Å². The van der Waals surface area contributed by atoms with Gasteiger partial charge in [0.05, 0.1) is 5.56 Å². The first kappa shape index (κ1) is 13.1. The number of halogens is 1. The van der Waals surface area contributed by atoms with E-state index in [1.165, 1.54) is 12.1 Å². The number of nitriles is 1. The molecule has 2 rings (SSSR count). The van der Waals surface area contributed by atoms with Crippen molar-refractivity contribution in [1.29, 1.82) is 5.26 Å². The van der Waals surface area contributed by atoms with Crippen molar-refractivity contribution in [2.24, 2.45) is 5.73 Å². The summed E-state index contributed by atoms with van der Waals surface area (Å²) >= 11 is 0. The maximum Gasteiger partial charge on any atom is 0.144 e. The van der Waals surface area contributed by atoms with Crippen LogP contribution in [0.3, 0.4) is 0 Å². The quantitative estimate of drug-likeness (QED) is 0.914. The van der Waals surface area contributed by atoms with Gasteiger partial charge in [-0.05, 0) is 36.8 Å². The van der Waals surface area contributed by atoms with Crippen LogP contribution in [0.2, 0.25) is 0 Å². The van der Waals surface area contributed by atoms with Crippen LogP contribution in [0, 0.1) is 17.1 Å². The van der Waals surface area contributed by atoms with Crippen molar-refractivity contribution in [2.75, 3.05) is 0 Å². The summed E-state index contributed by atoms with van der Waals surface area (Å²) < 4.78 is 18.9. The van der Waals surface area contributed by atoms with Crippen molar-refractivity contribution in [3.8, 4) is 17.6 Å². The Morgan fingerprint density at radius 1 is 1.16 bits per heavy atom. The van der Waals surface area contributed by atoms with Crippen molar-refractivity contribution in [3.05, 3.63) is 59.4 Å². The van der Waals surface area contributed by atoms with Crippen LogP contribution in [0.5, 0.6) is 11.5 Å². The van der Waals surface area contributed by atoms with Crippen LogP contribution >= 0.6 is 0 Å². The van der Waals surface area contributed by atoms with E-state index in [1.54, 1.807) is 24.3 Å². The molecule has 0 bridgehead atoms. The fourth-order valence-electron chi connectivity index (χ4n) is 1.63. The fraction of sp³-hybridized carbons (Fsp3) is 0.133. The largest absolute Gasteiger partial charge is 0.457 e. The molecule has 0 amide bonds. The number of rotatable bonds is 3. The smallest absolute Gasteiger partial charge is 0.144 e. The van der Waals surface area contributed by atoms with Crippen molar-refractivity contribution in [1.82, 2.24) is 0 Å². The van der Waals surface area contributed by atoms with Crippen LogP contribution in [0.25, 0.3) is 0 Å². The zero-order valence-corrected chi connectivity index (χ0v) is 10.4. The maximum atomic E-state index is 13.4. The molecule has 0 saturated heterocycles. The molecule has 0 aliphatic rings. The molecule has 0 aliphatic carbocycles. The van der Waals surface area contributed by atoms with E-state index in [0.29, 0.717) is 11.5 Å². The molecular weight excluding hydrogens is 243 g/mol. The highest BCUT2D eigenvalue weighted by Crippen LogP contribution is 2.24. The van der Waals surface area contributed by atoms with E-state index in [0.717, 1.165) is 5.56 Å². The molecule has 1 atom stereocenters. The monoisotopic (exact) mass is 256 g/mol. The molecular formula is C15H13FN2O. The lowest BCUT2D eigenvalue weighted by Gasteiger charge is -2.09. The van der Waals surface area contributed by atoms with E-state index in [4.69, 9.17) is 15.7 Å². The van der Waals surface area contributed by atoms with Gasteiger partial charge in [-0.3, -0.25) is 0 Å². The lowest BCUT2D eigenvalue weighted by atomic mass is 10.1. The van der Waals surface area contributed by atoms with Gasteiger partial charge < -0.3 is 10.5 Å². The Morgan fingerprint density at radius 3 is 2.32 bits per heavy atom. The predicted molar refractivity (Wildman–Crippen MR) is 70.2 cm³/mol. The number of hydrogen-bond acceptors (Lipinski definition) is 3. The number of hydrogen-bond donors (Lipinski definition) is 1. The summed E-state index contributed by atoms with van der Waals surface area (Å²) in [5.74, 6) is 0.353. The Kier molecular flexibility index (Phi) is 3.79. The molecule has 2 aromatic rings. The maximum absolute atomic E-state index is 13.4. The van der Waals surface area contributed by atoms with Crippen LogP contribution < -0.4 is 10.5 Å². The Labute approximate surface area is 111 Å². The molecule has 2 N–H and O–H groups in total. The third kappa shape index (κ3) is 3.09. The zero-order valence-electron chi connectivity index (χ0n) is 10.4. The average molecular weight is 256 g/mol. The van der Waals surface area contributed by atoms with E-state index in [2.05, 4.69) is 0 Å². The molecule has 0 aliphatic heterocycles. The normalized spacial score (nSPS) is 11.7. The first-order valence-electron chi connectivity index (χ1n) is 5.83. The third-order valence-electron chi connectivity index (χ3n) is 2.70. The average Bonchev–Trinajstić information content (AvgIpc) is 2.39. The summed E-state index contributed by atoms with van der Waals surface area (Å²) in [6.45, 7) is 1.89. The van der Waals surface area contributed by atoms with E-state index in [9.17, 15) is 4.39 Å². The summed E-state index contributed by atoms with van der Waals surface area (Å²) in [5, 5.41) is 8.64. The van der Waals surface area contributed by atoms with Gasteiger partial charge in [0, 0.05) is 12.1 Å². The molecule has 0 unspecified atom stereocenters. The summed E-state index contributed by atoms with van der Waals surface area (Å²) in [6, 6.07) is 13.1. The van der Waals surface area contributed by atoms with Gasteiger partial charge in [0.1, 0.15) is 23.4 Å². The standard InChI is InChI=1S/C15H13FN2O/c1-10(18)11-2-5-13(6-3-11)19-14-7-4-12(9-17)15(16)8-14/h2-8,10H,18H2,1H3/t10-/m1/s1. The number of benzene rings is 2.